The van der Waals surface area contributed by atoms with Crippen LogP contribution in [0.15, 0.2) is 72.9 Å². The predicted octanol–water partition coefficient (Wildman–Crippen LogP) is 9.58. The minimum Gasteiger partial charge on any atom is -0.756 e. The van der Waals surface area contributed by atoms with Gasteiger partial charge in [-0.1, -0.05) is 157 Å². The monoisotopic (exact) mass is 779 g/mol. The highest BCUT2D eigenvalue weighted by Crippen LogP contribution is 2.38. The number of aliphatic hydroxyl groups excluding tert-OH is 2. The minimum absolute atomic E-state index is 0.0264. The molecule has 0 saturated carbocycles. The number of amides is 1. The van der Waals surface area contributed by atoms with Gasteiger partial charge in [-0.3, -0.25) is 9.36 Å². The smallest absolute Gasteiger partial charge is 0.268 e. The van der Waals surface area contributed by atoms with Crippen LogP contribution >= 0.6 is 7.82 Å². The van der Waals surface area contributed by atoms with Gasteiger partial charge in [-0.05, 0) is 51.4 Å². The number of phosphoric ester groups is 1. The number of carbonyl (C=O) groups is 1. The van der Waals surface area contributed by atoms with Crippen LogP contribution in [-0.2, 0) is 18.4 Å². The number of quaternary nitrogens is 1. The van der Waals surface area contributed by atoms with Crippen LogP contribution in [0, 0.1) is 0 Å². The van der Waals surface area contributed by atoms with Crippen LogP contribution in [-0.4, -0.2) is 79.8 Å². The van der Waals surface area contributed by atoms with Crippen molar-refractivity contribution in [2.75, 3.05) is 40.9 Å². The molecule has 0 aliphatic rings. The van der Waals surface area contributed by atoms with Crippen molar-refractivity contribution in [2.24, 2.45) is 0 Å². The fourth-order valence-corrected chi connectivity index (χ4v) is 6.11. The van der Waals surface area contributed by atoms with E-state index < -0.39 is 32.7 Å². The Morgan fingerprint density at radius 1 is 0.722 bits per heavy atom. The van der Waals surface area contributed by atoms with Crippen LogP contribution in [0.3, 0.4) is 0 Å². The average molecular weight is 779 g/mol. The molecule has 0 fully saturated rings. The average Bonchev–Trinajstić information content (AvgIpc) is 3.11. The van der Waals surface area contributed by atoms with E-state index >= 15 is 0 Å². The first-order valence-electron chi connectivity index (χ1n) is 20.9. The van der Waals surface area contributed by atoms with E-state index in [4.69, 9.17) is 9.05 Å². The molecule has 0 aromatic heterocycles. The van der Waals surface area contributed by atoms with Gasteiger partial charge in [0.15, 0.2) is 0 Å². The van der Waals surface area contributed by atoms with E-state index in [-0.39, 0.29) is 18.9 Å². The molecule has 0 saturated heterocycles. The predicted molar refractivity (Wildman–Crippen MR) is 225 cm³/mol. The van der Waals surface area contributed by atoms with Gasteiger partial charge in [0, 0.05) is 6.42 Å². The van der Waals surface area contributed by atoms with E-state index in [1.165, 1.54) is 64.2 Å². The fourth-order valence-electron chi connectivity index (χ4n) is 5.39. The van der Waals surface area contributed by atoms with Crippen molar-refractivity contribution < 1.29 is 38.0 Å². The summed E-state index contributed by atoms with van der Waals surface area (Å²) in [7, 11) is 1.17. The molecule has 0 spiro atoms. The van der Waals surface area contributed by atoms with Crippen molar-refractivity contribution in [1.82, 2.24) is 5.32 Å². The van der Waals surface area contributed by atoms with Crippen LogP contribution in [0.2, 0.25) is 0 Å². The number of allylic oxidation sites excluding steroid dienone is 9. The molecule has 54 heavy (non-hydrogen) atoms. The van der Waals surface area contributed by atoms with Crippen molar-refractivity contribution in [3.05, 3.63) is 72.9 Å². The first-order valence-corrected chi connectivity index (χ1v) is 22.4. The molecule has 0 heterocycles. The van der Waals surface area contributed by atoms with Gasteiger partial charge in [-0.15, -0.1) is 0 Å². The van der Waals surface area contributed by atoms with Crippen LogP contribution in [0.25, 0.3) is 0 Å². The number of aliphatic hydroxyl groups is 2. The summed E-state index contributed by atoms with van der Waals surface area (Å²) in [6.07, 6.45) is 42.6. The third kappa shape index (κ3) is 36.9. The Bertz CT molecular complexity index is 1130. The van der Waals surface area contributed by atoms with Gasteiger partial charge < -0.3 is 34.0 Å². The molecule has 2 unspecified atom stereocenters. The van der Waals surface area contributed by atoms with E-state index in [1.807, 2.05) is 63.7 Å². The highest BCUT2D eigenvalue weighted by atomic mass is 31.2. The largest absolute Gasteiger partial charge is 0.756 e. The fraction of sp³-hybridized carbons (Fsp3) is 0.705. The number of hydrogen-bond acceptors (Lipinski definition) is 7. The van der Waals surface area contributed by atoms with Crippen LogP contribution in [0.5, 0.6) is 0 Å². The Morgan fingerprint density at radius 3 is 1.96 bits per heavy atom. The van der Waals surface area contributed by atoms with Crippen molar-refractivity contribution in [3.63, 3.8) is 0 Å². The highest BCUT2D eigenvalue weighted by molar-refractivity contribution is 7.45. The summed E-state index contributed by atoms with van der Waals surface area (Å²) in [5, 5.41) is 23.7. The third-order valence-corrected chi connectivity index (χ3v) is 9.72. The zero-order valence-electron chi connectivity index (χ0n) is 34.8. The van der Waals surface area contributed by atoms with E-state index in [2.05, 4.69) is 37.4 Å². The first kappa shape index (κ1) is 51.9. The molecule has 3 N–H and O–H groups in total. The molecular formula is C44H79N2O7P. The Labute approximate surface area is 330 Å². The Hall–Kier alpha value is -2.10. The van der Waals surface area contributed by atoms with Gasteiger partial charge in [-0.2, -0.15) is 0 Å². The van der Waals surface area contributed by atoms with E-state index in [1.54, 1.807) is 12.2 Å². The molecule has 0 bridgehead atoms. The summed E-state index contributed by atoms with van der Waals surface area (Å²) in [5.74, 6) is -0.284. The minimum atomic E-state index is -4.62. The number of carbonyl (C=O) groups excluding carboxylic acids is 1. The number of unbranched alkanes of at least 4 members (excludes halogenated alkanes) is 13. The number of hydrogen-bond donors (Lipinski definition) is 3. The second-order valence-corrected chi connectivity index (χ2v) is 16.6. The highest BCUT2D eigenvalue weighted by Gasteiger charge is 2.23. The lowest BCUT2D eigenvalue weighted by molar-refractivity contribution is -0.870. The molecule has 1 amide bonds. The molecule has 4 atom stereocenters. The molecule has 0 rings (SSSR count). The third-order valence-electron chi connectivity index (χ3n) is 8.75. The maximum atomic E-state index is 12.8. The van der Waals surface area contributed by atoms with E-state index in [9.17, 15) is 24.5 Å². The van der Waals surface area contributed by atoms with Crippen molar-refractivity contribution in [1.29, 1.82) is 0 Å². The summed E-state index contributed by atoms with van der Waals surface area (Å²) < 4.78 is 23.1. The van der Waals surface area contributed by atoms with Gasteiger partial charge in [0.05, 0.1) is 46.0 Å². The topological polar surface area (TPSA) is 128 Å². The molecule has 0 aliphatic carbocycles. The van der Waals surface area contributed by atoms with Gasteiger partial charge in [0.25, 0.3) is 7.82 Å². The maximum absolute atomic E-state index is 12.8. The molecule has 0 aliphatic heterocycles. The van der Waals surface area contributed by atoms with E-state index in [0.29, 0.717) is 30.3 Å². The number of rotatable bonds is 36. The lowest BCUT2D eigenvalue weighted by atomic mass is 10.0. The molecule has 0 aromatic carbocycles. The number of nitrogens with zero attached hydrogens (tertiary/aromatic N) is 1. The lowest BCUT2D eigenvalue weighted by Gasteiger charge is -2.29. The molecule has 312 valence electrons. The van der Waals surface area contributed by atoms with E-state index in [0.717, 1.165) is 38.5 Å². The van der Waals surface area contributed by atoms with Crippen LogP contribution in [0.4, 0.5) is 0 Å². The Morgan fingerprint density at radius 2 is 1.31 bits per heavy atom. The number of nitrogens with one attached hydrogen (secondary N) is 1. The molecular weight excluding hydrogens is 699 g/mol. The second-order valence-electron chi connectivity index (χ2n) is 15.2. The van der Waals surface area contributed by atoms with Gasteiger partial charge in [0.1, 0.15) is 13.2 Å². The molecule has 0 aromatic rings. The zero-order chi connectivity index (χ0) is 40.2. The summed E-state index contributed by atoms with van der Waals surface area (Å²) in [6.45, 7) is 4.38. The number of phosphoric acid groups is 1. The Balaban J connectivity index is 4.67. The van der Waals surface area contributed by atoms with Crippen molar-refractivity contribution in [3.8, 4) is 0 Å². The second kappa shape index (κ2) is 35.3. The van der Waals surface area contributed by atoms with Crippen LogP contribution in [0.1, 0.15) is 142 Å². The summed E-state index contributed by atoms with van der Waals surface area (Å²) in [6, 6.07) is -0.939. The summed E-state index contributed by atoms with van der Waals surface area (Å²) in [4.78, 5) is 25.2. The van der Waals surface area contributed by atoms with Crippen LogP contribution < -0.4 is 10.2 Å². The molecule has 9 nitrogen and oxygen atoms in total. The normalized spacial score (nSPS) is 15.8. The summed E-state index contributed by atoms with van der Waals surface area (Å²) in [5.41, 5.74) is 0. The van der Waals surface area contributed by atoms with Crippen molar-refractivity contribution in [2.45, 2.75) is 161 Å². The molecule has 0 radical (unpaired) electrons. The van der Waals surface area contributed by atoms with Gasteiger partial charge in [0.2, 0.25) is 5.91 Å². The Kier molecular flexibility index (Phi) is 33.9. The van der Waals surface area contributed by atoms with Gasteiger partial charge >= 0.3 is 0 Å². The lowest BCUT2D eigenvalue weighted by Crippen LogP contribution is -2.45. The zero-order valence-corrected chi connectivity index (χ0v) is 35.6. The maximum Gasteiger partial charge on any atom is 0.268 e. The molecule has 10 heteroatoms. The van der Waals surface area contributed by atoms with Gasteiger partial charge in [-0.25, -0.2) is 0 Å². The number of likely N-dealkylation sites (N-methyl/N-ethyl adjacent to an activating group) is 1. The standard InChI is InChI=1S/C44H79N2O7P/c1-6-8-10-12-14-15-16-17-18-19-20-24-28-32-36-43(48)42(40-53-54(50,51)52-39-38-46(3,4)5)45-44(49)37-33-29-25-22-21-23-27-31-35-41(47)34-30-26-13-11-9-7-2/h9,11,22-23,25-27,30-32,35-36,41-43,47-48H,6-8,10,12-21,24,28-29,33-34,37-40H2,1-5H3,(H-,45,49,50,51)/b11-9-,25-22-,27-23-,30-26-,35-31+,36-32+/t41?,42-,43+/m0/s1. The SMILES string of the molecule is CC/C=C\C/C=C\CC(O)/C=C/C=C\C/C=C\CCCC(=O)N[C@@H](COP(=O)([O-])OCC[N+](C)(C)C)[C@H](O)/C=C/CCCCCCCCCCCCCC. The first-order chi connectivity index (χ1) is 25.9. The quantitative estimate of drug-likeness (QED) is 0.0190. The van der Waals surface area contributed by atoms with Crippen molar-refractivity contribution >= 4 is 13.7 Å². The summed E-state index contributed by atoms with van der Waals surface area (Å²) >= 11 is 0.